The lowest BCUT2D eigenvalue weighted by molar-refractivity contribution is 0.101. The maximum Gasteiger partial charge on any atom is 0.232 e. The number of fused-ring (bicyclic) bond motifs is 1. The Hall–Kier alpha value is -3.53. The number of aryl methyl sites for hydroxylation is 1. The molecule has 0 atom stereocenters. The first-order valence-electron chi connectivity index (χ1n) is 9.04. The van der Waals surface area contributed by atoms with Gasteiger partial charge in [-0.15, -0.1) is 0 Å². The summed E-state index contributed by atoms with van der Waals surface area (Å²) in [6, 6.07) is 21.1. The van der Waals surface area contributed by atoms with Crippen LogP contribution < -0.4 is 14.2 Å². The number of hydrogen-bond donors (Lipinski definition) is 0. The number of benzene rings is 3. The van der Waals surface area contributed by atoms with E-state index in [2.05, 4.69) is 0 Å². The van der Waals surface area contributed by atoms with Crippen LogP contribution in [-0.2, 0) is 6.61 Å². The summed E-state index contributed by atoms with van der Waals surface area (Å²) < 4.78 is 17.0. The van der Waals surface area contributed by atoms with Crippen LogP contribution in [0.15, 0.2) is 72.5 Å². The number of carbonyl (C=O) groups excluding carboxylic acids is 1. The molecule has 0 spiro atoms. The van der Waals surface area contributed by atoms with Gasteiger partial charge in [0.1, 0.15) is 23.9 Å². The molecule has 1 heterocycles. The monoisotopic (exact) mass is 372 g/mol. The van der Waals surface area contributed by atoms with Gasteiger partial charge >= 0.3 is 0 Å². The van der Waals surface area contributed by atoms with Crippen molar-refractivity contribution in [2.24, 2.45) is 0 Å². The van der Waals surface area contributed by atoms with Crippen molar-refractivity contribution < 1.29 is 19.0 Å². The number of methoxy groups -OCH3 is 1. The average molecular weight is 372 g/mol. The standard InChI is InChI=1S/C24H20O4/c1-16-11-20(27-15-17-7-4-3-5-8-17)14-21-23(16)24(25)22(28-21)13-18-9-6-10-19(12-18)26-2/h3-14H,15H2,1-2H3/b22-13-. The van der Waals surface area contributed by atoms with Gasteiger partial charge in [0, 0.05) is 6.07 Å². The molecule has 0 bridgehead atoms. The van der Waals surface area contributed by atoms with Crippen LogP contribution in [0.2, 0.25) is 0 Å². The SMILES string of the molecule is COc1cccc(/C=C2\Oc3cc(OCc4ccccc4)cc(C)c3C2=O)c1. The summed E-state index contributed by atoms with van der Waals surface area (Å²) in [5.74, 6) is 2.11. The van der Waals surface area contributed by atoms with Crippen LogP contribution in [0, 0.1) is 6.92 Å². The van der Waals surface area contributed by atoms with Gasteiger partial charge in [-0.3, -0.25) is 4.79 Å². The number of hydrogen-bond acceptors (Lipinski definition) is 4. The molecule has 140 valence electrons. The van der Waals surface area contributed by atoms with Crippen LogP contribution in [0.25, 0.3) is 6.08 Å². The fourth-order valence-corrected chi connectivity index (χ4v) is 3.18. The van der Waals surface area contributed by atoms with Crippen molar-refractivity contribution in [1.82, 2.24) is 0 Å². The Morgan fingerprint density at radius 2 is 1.79 bits per heavy atom. The van der Waals surface area contributed by atoms with Crippen molar-refractivity contribution in [3.63, 3.8) is 0 Å². The molecule has 0 unspecified atom stereocenters. The number of Topliss-reactive ketones (excluding diaryl/α,β-unsaturated/α-hetero) is 1. The lowest BCUT2D eigenvalue weighted by Crippen LogP contribution is -2.00. The van der Waals surface area contributed by atoms with Gasteiger partial charge in [0.05, 0.1) is 12.7 Å². The Bertz CT molecular complexity index is 1050. The van der Waals surface area contributed by atoms with E-state index in [1.54, 1.807) is 19.3 Å². The summed E-state index contributed by atoms with van der Waals surface area (Å²) in [5.41, 5.74) is 3.34. The number of allylic oxidation sites excluding steroid dienone is 1. The van der Waals surface area contributed by atoms with Gasteiger partial charge in [0.25, 0.3) is 0 Å². The van der Waals surface area contributed by atoms with E-state index in [1.807, 2.05) is 67.6 Å². The molecule has 0 aliphatic carbocycles. The number of ketones is 1. The second kappa shape index (κ2) is 7.61. The smallest absolute Gasteiger partial charge is 0.232 e. The van der Waals surface area contributed by atoms with E-state index in [4.69, 9.17) is 14.2 Å². The summed E-state index contributed by atoms with van der Waals surface area (Å²) in [6.45, 7) is 2.35. The zero-order valence-electron chi connectivity index (χ0n) is 15.8. The highest BCUT2D eigenvalue weighted by atomic mass is 16.5. The summed E-state index contributed by atoms with van der Waals surface area (Å²) >= 11 is 0. The Balaban J connectivity index is 1.57. The highest BCUT2D eigenvalue weighted by Gasteiger charge is 2.30. The van der Waals surface area contributed by atoms with Gasteiger partial charge in [-0.1, -0.05) is 42.5 Å². The van der Waals surface area contributed by atoms with E-state index < -0.39 is 0 Å². The van der Waals surface area contributed by atoms with Crippen molar-refractivity contribution in [3.8, 4) is 17.2 Å². The van der Waals surface area contributed by atoms with Crippen LogP contribution >= 0.6 is 0 Å². The topological polar surface area (TPSA) is 44.8 Å². The predicted molar refractivity (Wildman–Crippen MR) is 108 cm³/mol. The quantitative estimate of drug-likeness (QED) is 0.578. The summed E-state index contributed by atoms with van der Waals surface area (Å²) in [5, 5.41) is 0. The van der Waals surface area contributed by atoms with Crippen LogP contribution in [0.5, 0.6) is 17.2 Å². The molecule has 4 heteroatoms. The molecule has 4 nitrogen and oxygen atoms in total. The third-order valence-corrected chi connectivity index (χ3v) is 4.58. The van der Waals surface area contributed by atoms with Crippen molar-refractivity contribution in [2.75, 3.05) is 7.11 Å². The maximum atomic E-state index is 12.8. The first-order chi connectivity index (χ1) is 13.6. The number of rotatable bonds is 5. The molecule has 3 aromatic carbocycles. The first-order valence-corrected chi connectivity index (χ1v) is 9.04. The minimum Gasteiger partial charge on any atom is -0.497 e. The van der Waals surface area contributed by atoms with Gasteiger partial charge < -0.3 is 14.2 Å². The molecule has 0 N–H and O–H groups in total. The zero-order chi connectivity index (χ0) is 19.5. The van der Waals surface area contributed by atoms with Gasteiger partial charge in [0.15, 0.2) is 5.76 Å². The number of carbonyl (C=O) groups is 1. The molecule has 0 fully saturated rings. The lowest BCUT2D eigenvalue weighted by Gasteiger charge is -2.09. The van der Waals surface area contributed by atoms with Crippen LogP contribution in [0.1, 0.15) is 27.0 Å². The van der Waals surface area contributed by atoms with E-state index >= 15 is 0 Å². The van der Waals surface area contributed by atoms with Crippen molar-refractivity contribution in [2.45, 2.75) is 13.5 Å². The molecule has 4 rings (SSSR count). The van der Waals surface area contributed by atoms with E-state index in [-0.39, 0.29) is 5.78 Å². The minimum absolute atomic E-state index is 0.120. The first kappa shape index (κ1) is 17.9. The third-order valence-electron chi connectivity index (χ3n) is 4.58. The molecule has 0 radical (unpaired) electrons. The van der Waals surface area contributed by atoms with E-state index in [1.165, 1.54) is 0 Å². The van der Waals surface area contributed by atoms with Crippen molar-refractivity contribution in [1.29, 1.82) is 0 Å². The minimum atomic E-state index is -0.120. The van der Waals surface area contributed by atoms with Crippen molar-refractivity contribution in [3.05, 3.63) is 94.7 Å². The van der Waals surface area contributed by atoms with Crippen molar-refractivity contribution >= 4 is 11.9 Å². The summed E-state index contributed by atoms with van der Waals surface area (Å²) in [4.78, 5) is 12.8. The van der Waals surface area contributed by atoms with Gasteiger partial charge in [-0.05, 0) is 47.9 Å². The molecular weight excluding hydrogens is 352 g/mol. The molecule has 0 aromatic heterocycles. The third kappa shape index (κ3) is 3.62. The second-order valence-electron chi connectivity index (χ2n) is 6.60. The van der Waals surface area contributed by atoms with Crippen LogP contribution in [-0.4, -0.2) is 12.9 Å². The fourth-order valence-electron chi connectivity index (χ4n) is 3.18. The Labute approximate surface area is 164 Å². The molecule has 28 heavy (non-hydrogen) atoms. The van der Waals surface area contributed by atoms with E-state index in [0.29, 0.717) is 29.4 Å². The fraction of sp³-hybridized carbons (Fsp3) is 0.125. The molecule has 0 amide bonds. The molecule has 0 saturated carbocycles. The predicted octanol–water partition coefficient (Wildman–Crippen LogP) is 5.20. The van der Waals surface area contributed by atoms with Gasteiger partial charge in [-0.2, -0.15) is 0 Å². The van der Waals surface area contributed by atoms with Gasteiger partial charge in [0.2, 0.25) is 5.78 Å². The van der Waals surface area contributed by atoms with Gasteiger partial charge in [-0.25, -0.2) is 0 Å². The molecule has 3 aromatic rings. The largest absolute Gasteiger partial charge is 0.497 e. The second-order valence-corrected chi connectivity index (χ2v) is 6.60. The maximum absolute atomic E-state index is 12.8. The highest BCUT2D eigenvalue weighted by molar-refractivity contribution is 6.15. The Morgan fingerprint density at radius 3 is 2.57 bits per heavy atom. The average Bonchev–Trinajstić information content (AvgIpc) is 3.03. The van der Waals surface area contributed by atoms with Crippen LogP contribution in [0.4, 0.5) is 0 Å². The molecule has 1 aliphatic heterocycles. The zero-order valence-corrected chi connectivity index (χ0v) is 15.8. The number of ether oxygens (including phenoxy) is 3. The Kier molecular flexibility index (Phi) is 4.85. The Morgan fingerprint density at radius 1 is 0.964 bits per heavy atom. The van der Waals surface area contributed by atoms with Crippen LogP contribution in [0.3, 0.4) is 0 Å². The molecule has 1 aliphatic rings. The highest BCUT2D eigenvalue weighted by Crippen LogP contribution is 2.37. The van der Waals surface area contributed by atoms with E-state index in [9.17, 15) is 4.79 Å². The lowest BCUT2D eigenvalue weighted by atomic mass is 10.0. The van der Waals surface area contributed by atoms with E-state index in [0.717, 1.165) is 22.4 Å². The summed E-state index contributed by atoms with van der Waals surface area (Å²) in [7, 11) is 1.61. The molecule has 0 saturated heterocycles. The molecular formula is C24H20O4. The summed E-state index contributed by atoms with van der Waals surface area (Å²) in [6.07, 6.45) is 1.73. The normalized spacial score (nSPS) is 13.9.